The van der Waals surface area contributed by atoms with Crippen molar-refractivity contribution >= 4 is 30.1 Å². The third kappa shape index (κ3) is 5.21. The van der Waals surface area contributed by atoms with Crippen molar-refractivity contribution in [2.24, 2.45) is 0 Å². The molecular formula is C16H23NS2. The number of fused-ring (bicyclic) bond motifs is 1. The molecule has 1 N–H and O–H groups in total. The van der Waals surface area contributed by atoms with E-state index in [1.54, 1.807) is 18.0 Å². The SMILES string of the molecule is C=CC1=C(/C=C\C)Nc2ccccc2S1.CC.CS. The lowest BCUT2D eigenvalue weighted by Gasteiger charge is -2.20. The molecular weight excluding hydrogens is 270 g/mol. The first kappa shape index (κ1) is 17.9. The molecule has 104 valence electrons. The van der Waals surface area contributed by atoms with Crippen LogP contribution in [0.3, 0.4) is 0 Å². The van der Waals surface area contributed by atoms with Crippen molar-refractivity contribution in [3.8, 4) is 0 Å². The van der Waals surface area contributed by atoms with Gasteiger partial charge >= 0.3 is 0 Å². The first-order valence-electron chi connectivity index (χ1n) is 6.33. The number of hydrogen-bond acceptors (Lipinski definition) is 3. The maximum Gasteiger partial charge on any atom is 0.0526 e. The van der Waals surface area contributed by atoms with Crippen molar-refractivity contribution in [1.82, 2.24) is 0 Å². The van der Waals surface area contributed by atoms with Crippen molar-refractivity contribution in [2.75, 3.05) is 11.6 Å². The van der Waals surface area contributed by atoms with Gasteiger partial charge in [-0.15, -0.1) is 0 Å². The van der Waals surface area contributed by atoms with Gasteiger partial charge < -0.3 is 5.32 Å². The Morgan fingerprint density at radius 1 is 1.21 bits per heavy atom. The third-order valence-corrected chi connectivity index (χ3v) is 3.34. The van der Waals surface area contributed by atoms with E-state index in [1.165, 1.54) is 15.5 Å². The van der Waals surface area contributed by atoms with E-state index in [2.05, 4.69) is 48.8 Å². The number of hydrogen-bond donors (Lipinski definition) is 2. The first-order valence-corrected chi connectivity index (χ1v) is 8.04. The monoisotopic (exact) mass is 293 g/mol. The molecule has 1 nitrogen and oxygen atoms in total. The average molecular weight is 294 g/mol. The summed E-state index contributed by atoms with van der Waals surface area (Å²) in [7, 11) is 0. The molecule has 0 spiro atoms. The number of rotatable bonds is 2. The van der Waals surface area contributed by atoms with Crippen molar-refractivity contribution in [2.45, 2.75) is 25.7 Å². The van der Waals surface area contributed by atoms with Gasteiger partial charge in [-0.3, -0.25) is 0 Å². The quantitative estimate of drug-likeness (QED) is 0.673. The molecule has 1 heterocycles. The molecule has 0 amide bonds. The number of thiol groups is 1. The number of benzene rings is 1. The zero-order chi connectivity index (χ0) is 14.7. The summed E-state index contributed by atoms with van der Waals surface area (Å²) >= 11 is 5.28. The Balaban J connectivity index is 0.000000741. The lowest BCUT2D eigenvalue weighted by atomic mass is 10.2. The van der Waals surface area contributed by atoms with E-state index in [-0.39, 0.29) is 0 Å². The molecule has 1 aliphatic rings. The summed E-state index contributed by atoms with van der Waals surface area (Å²) in [5, 5.41) is 3.40. The second kappa shape index (κ2) is 10.8. The predicted molar refractivity (Wildman–Crippen MR) is 94.2 cm³/mol. The minimum absolute atomic E-state index is 1.12. The third-order valence-electron chi connectivity index (χ3n) is 2.16. The van der Waals surface area contributed by atoms with Crippen LogP contribution in [0.2, 0.25) is 0 Å². The summed E-state index contributed by atoms with van der Waals surface area (Å²) in [5.41, 5.74) is 2.29. The van der Waals surface area contributed by atoms with E-state index in [1.807, 2.05) is 39.0 Å². The smallest absolute Gasteiger partial charge is 0.0526 e. The van der Waals surface area contributed by atoms with Gasteiger partial charge in [0.15, 0.2) is 0 Å². The number of thioether (sulfide) groups is 1. The lowest BCUT2D eigenvalue weighted by molar-refractivity contribution is 1.34. The predicted octanol–water partition coefficient (Wildman–Crippen LogP) is 5.75. The summed E-state index contributed by atoms with van der Waals surface area (Å²) in [5.74, 6) is 0. The second-order valence-electron chi connectivity index (χ2n) is 3.21. The number of anilines is 1. The lowest BCUT2D eigenvalue weighted by Crippen LogP contribution is -2.04. The largest absolute Gasteiger partial charge is 0.354 e. The molecule has 19 heavy (non-hydrogen) atoms. The van der Waals surface area contributed by atoms with Gasteiger partial charge in [0, 0.05) is 9.80 Å². The minimum Gasteiger partial charge on any atom is -0.354 e. The first-order chi connectivity index (χ1) is 9.35. The van der Waals surface area contributed by atoms with Crippen LogP contribution in [0.1, 0.15) is 20.8 Å². The minimum atomic E-state index is 1.12. The van der Waals surface area contributed by atoms with E-state index < -0.39 is 0 Å². The fourth-order valence-electron chi connectivity index (χ4n) is 1.48. The van der Waals surface area contributed by atoms with Gasteiger partial charge in [0.25, 0.3) is 0 Å². The zero-order valence-corrected chi connectivity index (χ0v) is 13.8. The molecule has 1 aromatic rings. The van der Waals surface area contributed by atoms with Crippen molar-refractivity contribution in [1.29, 1.82) is 0 Å². The Hall–Kier alpha value is -1.06. The van der Waals surface area contributed by atoms with Crippen molar-refractivity contribution < 1.29 is 0 Å². The van der Waals surface area contributed by atoms with Crippen molar-refractivity contribution in [3.63, 3.8) is 0 Å². The van der Waals surface area contributed by atoms with Gasteiger partial charge in [-0.2, -0.15) is 12.6 Å². The van der Waals surface area contributed by atoms with Crippen LogP contribution < -0.4 is 5.32 Å². The molecule has 0 atom stereocenters. The van der Waals surface area contributed by atoms with Gasteiger partial charge in [0.2, 0.25) is 0 Å². The van der Waals surface area contributed by atoms with Gasteiger partial charge in [-0.1, -0.05) is 56.5 Å². The van der Waals surface area contributed by atoms with Gasteiger partial charge in [0.05, 0.1) is 11.4 Å². The van der Waals surface area contributed by atoms with Crippen LogP contribution in [-0.4, -0.2) is 6.26 Å². The molecule has 0 unspecified atom stereocenters. The van der Waals surface area contributed by atoms with E-state index in [0.29, 0.717) is 0 Å². The Morgan fingerprint density at radius 3 is 2.42 bits per heavy atom. The normalized spacial score (nSPS) is 12.5. The van der Waals surface area contributed by atoms with Crippen LogP contribution in [0.15, 0.2) is 64.6 Å². The van der Waals surface area contributed by atoms with Crippen LogP contribution in [0.25, 0.3) is 0 Å². The second-order valence-corrected chi connectivity index (χ2v) is 4.29. The molecule has 0 saturated carbocycles. The van der Waals surface area contributed by atoms with Gasteiger partial charge in [-0.05, 0) is 31.4 Å². The Labute approximate surface area is 127 Å². The summed E-state index contributed by atoms with van der Waals surface area (Å²) in [4.78, 5) is 2.42. The van der Waals surface area contributed by atoms with Crippen LogP contribution in [0, 0.1) is 0 Å². The molecule has 0 aliphatic carbocycles. The standard InChI is InChI=1S/C13H13NS.C2H6.CH4S/c1-3-7-10-12(4-2)15-13-9-6-5-8-11(13)14-10;2*1-2/h3-9,14H,2H2,1H3;1-2H3;2H,1H3/b7-3-;;. The molecule has 0 aromatic heterocycles. The highest BCUT2D eigenvalue weighted by molar-refractivity contribution is 8.03. The fourth-order valence-corrected chi connectivity index (χ4v) is 2.41. The van der Waals surface area contributed by atoms with E-state index >= 15 is 0 Å². The zero-order valence-electron chi connectivity index (χ0n) is 12.1. The Morgan fingerprint density at radius 2 is 1.84 bits per heavy atom. The van der Waals surface area contributed by atoms with E-state index in [0.717, 1.165) is 5.70 Å². The highest BCUT2D eigenvalue weighted by atomic mass is 32.2. The maximum absolute atomic E-state index is 3.84. The molecule has 2 rings (SSSR count). The summed E-state index contributed by atoms with van der Waals surface area (Å²) in [6, 6.07) is 8.29. The summed E-state index contributed by atoms with van der Waals surface area (Å²) in [6.45, 7) is 9.85. The topological polar surface area (TPSA) is 12.0 Å². The van der Waals surface area contributed by atoms with Crippen LogP contribution >= 0.6 is 24.4 Å². The van der Waals surface area contributed by atoms with E-state index in [4.69, 9.17) is 0 Å². The van der Waals surface area contributed by atoms with Gasteiger partial charge in [0.1, 0.15) is 0 Å². The van der Waals surface area contributed by atoms with Crippen LogP contribution in [-0.2, 0) is 0 Å². The van der Waals surface area contributed by atoms with Crippen LogP contribution in [0.4, 0.5) is 5.69 Å². The fraction of sp³-hybridized carbons (Fsp3) is 0.250. The summed E-state index contributed by atoms with van der Waals surface area (Å²) in [6.07, 6.45) is 7.68. The number of nitrogens with one attached hydrogen (secondary N) is 1. The Bertz CT molecular complexity index is 448. The summed E-state index contributed by atoms with van der Waals surface area (Å²) < 4.78 is 0. The number of para-hydroxylation sites is 1. The highest BCUT2D eigenvalue weighted by Gasteiger charge is 2.13. The molecule has 0 radical (unpaired) electrons. The maximum atomic E-state index is 3.84. The molecule has 0 fully saturated rings. The Kier molecular flexibility index (Phi) is 10.2. The molecule has 1 aliphatic heterocycles. The van der Waals surface area contributed by atoms with Crippen LogP contribution in [0.5, 0.6) is 0 Å². The molecule has 3 heteroatoms. The van der Waals surface area contributed by atoms with Gasteiger partial charge in [-0.25, -0.2) is 0 Å². The molecule has 0 saturated heterocycles. The molecule has 1 aromatic carbocycles. The highest BCUT2D eigenvalue weighted by Crippen LogP contribution is 2.39. The number of allylic oxidation sites excluding steroid dienone is 3. The van der Waals surface area contributed by atoms with Crippen molar-refractivity contribution in [3.05, 3.63) is 59.7 Å². The molecule has 0 bridgehead atoms. The average Bonchev–Trinajstić information content (AvgIpc) is 2.51. The van der Waals surface area contributed by atoms with E-state index in [9.17, 15) is 0 Å².